The smallest absolute Gasteiger partial charge is 0.211 e. The summed E-state index contributed by atoms with van der Waals surface area (Å²) in [5.74, 6) is 0. The molecule has 2 atom stereocenters. The molecule has 3 N–H and O–H groups in total. The van der Waals surface area contributed by atoms with Crippen LogP contribution >= 0.6 is 0 Å². The number of rotatable bonds is 6. The number of methoxy groups -OCH3 is 1. The fraction of sp³-hybridized carbons (Fsp3) is 0.364. The number of carbonyl (C=O) groups is 1. The van der Waals surface area contributed by atoms with Crippen molar-refractivity contribution in [1.29, 1.82) is 0 Å². The molecule has 0 aromatic heterocycles. The third kappa shape index (κ3) is 3.01. The molecule has 0 spiro atoms. The molecule has 1 aromatic rings. The first-order chi connectivity index (χ1) is 7.72. The van der Waals surface area contributed by atoms with Crippen LogP contribution in [0, 0.1) is 0 Å². The highest BCUT2D eigenvalue weighted by atomic mass is 19.1. The van der Waals surface area contributed by atoms with Crippen LogP contribution in [-0.4, -0.2) is 26.2 Å². The van der Waals surface area contributed by atoms with E-state index in [0.29, 0.717) is 12.1 Å². The average molecular weight is 226 g/mol. The van der Waals surface area contributed by atoms with E-state index < -0.39 is 18.8 Å². The number of anilines is 1. The highest BCUT2D eigenvalue weighted by molar-refractivity contribution is 5.71. The third-order valence-electron chi connectivity index (χ3n) is 2.29. The fourth-order valence-electron chi connectivity index (χ4n) is 1.48. The lowest BCUT2D eigenvalue weighted by atomic mass is 10.0. The van der Waals surface area contributed by atoms with E-state index in [2.05, 4.69) is 5.32 Å². The second kappa shape index (κ2) is 6.19. The molecule has 1 amide bonds. The Hall–Kier alpha value is -1.46. The molecular formula is C11H15FN2O2. The van der Waals surface area contributed by atoms with Gasteiger partial charge in [-0.2, -0.15) is 0 Å². The zero-order valence-electron chi connectivity index (χ0n) is 9.02. The van der Waals surface area contributed by atoms with E-state index in [0.717, 1.165) is 5.56 Å². The van der Waals surface area contributed by atoms with E-state index in [-0.39, 0.29) is 0 Å². The Morgan fingerprint density at radius 3 is 2.56 bits per heavy atom. The highest BCUT2D eigenvalue weighted by Crippen LogP contribution is 2.21. The zero-order chi connectivity index (χ0) is 12.0. The number of carbonyl (C=O) groups excluding carboxylic acids is 1. The summed E-state index contributed by atoms with van der Waals surface area (Å²) in [6.07, 6.45) is 0.117. The Kier molecular flexibility index (Phi) is 4.88. The second-order valence-electron chi connectivity index (χ2n) is 3.36. The Bertz CT molecular complexity index is 329. The lowest BCUT2D eigenvalue weighted by molar-refractivity contribution is -0.105. The lowest BCUT2D eigenvalue weighted by Gasteiger charge is -2.20. The summed E-state index contributed by atoms with van der Waals surface area (Å²) in [4.78, 5) is 10.2. The maximum absolute atomic E-state index is 12.4. The SMILES string of the molecule is COC(c1ccc(NC=O)cc1)C(N)CF. The van der Waals surface area contributed by atoms with Gasteiger partial charge in [0.15, 0.2) is 0 Å². The van der Waals surface area contributed by atoms with Gasteiger partial charge in [-0.3, -0.25) is 4.79 Å². The molecule has 5 heteroatoms. The molecule has 0 aliphatic carbocycles. The standard InChI is InChI=1S/C11H15FN2O2/c1-16-11(10(13)6-12)8-2-4-9(5-3-8)14-7-15/h2-5,7,10-11H,6,13H2,1H3,(H,14,15). The van der Waals surface area contributed by atoms with Crippen LogP contribution in [-0.2, 0) is 9.53 Å². The van der Waals surface area contributed by atoms with Crippen LogP contribution in [0.2, 0.25) is 0 Å². The zero-order valence-corrected chi connectivity index (χ0v) is 9.02. The summed E-state index contributed by atoms with van der Waals surface area (Å²) in [6.45, 7) is -0.646. The van der Waals surface area contributed by atoms with Gasteiger partial charge < -0.3 is 15.8 Å². The third-order valence-corrected chi connectivity index (χ3v) is 2.29. The van der Waals surface area contributed by atoms with Gasteiger partial charge in [0.25, 0.3) is 0 Å². The first-order valence-electron chi connectivity index (χ1n) is 4.87. The molecule has 16 heavy (non-hydrogen) atoms. The van der Waals surface area contributed by atoms with Crippen molar-refractivity contribution in [2.45, 2.75) is 12.1 Å². The van der Waals surface area contributed by atoms with Crippen molar-refractivity contribution in [3.8, 4) is 0 Å². The summed E-state index contributed by atoms with van der Waals surface area (Å²) in [7, 11) is 1.48. The molecule has 88 valence electrons. The number of nitrogens with one attached hydrogen (secondary N) is 1. The summed E-state index contributed by atoms with van der Waals surface area (Å²) in [6, 6.07) is 6.22. The van der Waals surface area contributed by atoms with Crippen LogP contribution in [0.15, 0.2) is 24.3 Å². The highest BCUT2D eigenvalue weighted by Gasteiger charge is 2.18. The first kappa shape index (κ1) is 12.6. The van der Waals surface area contributed by atoms with Crippen molar-refractivity contribution in [3.63, 3.8) is 0 Å². The molecule has 0 bridgehead atoms. The molecule has 1 aromatic carbocycles. The Labute approximate surface area is 93.6 Å². The van der Waals surface area contributed by atoms with E-state index in [1.54, 1.807) is 24.3 Å². The maximum atomic E-state index is 12.4. The van der Waals surface area contributed by atoms with Gasteiger partial charge in [0, 0.05) is 12.8 Å². The molecule has 0 fully saturated rings. The molecule has 0 radical (unpaired) electrons. The van der Waals surface area contributed by atoms with Crippen molar-refractivity contribution >= 4 is 12.1 Å². The quantitative estimate of drug-likeness (QED) is 0.717. The number of hydrogen-bond acceptors (Lipinski definition) is 3. The summed E-state index contributed by atoms with van der Waals surface area (Å²) in [5, 5.41) is 2.51. The van der Waals surface area contributed by atoms with E-state index in [1.807, 2.05) is 0 Å². The number of nitrogens with two attached hydrogens (primary N) is 1. The van der Waals surface area contributed by atoms with Crippen LogP contribution in [0.5, 0.6) is 0 Å². The first-order valence-corrected chi connectivity index (χ1v) is 4.87. The van der Waals surface area contributed by atoms with Crippen LogP contribution in [0.1, 0.15) is 11.7 Å². The maximum Gasteiger partial charge on any atom is 0.211 e. The Morgan fingerprint density at radius 2 is 2.12 bits per heavy atom. The molecule has 0 saturated heterocycles. The van der Waals surface area contributed by atoms with Crippen LogP contribution in [0.25, 0.3) is 0 Å². The minimum Gasteiger partial charge on any atom is -0.375 e. The molecule has 0 heterocycles. The number of hydrogen-bond donors (Lipinski definition) is 2. The van der Waals surface area contributed by atoms with Gasteiger partial charge in [0.2, 0.25) is 6.41 Å². The minimum atomic E-state index is -0.685. The second-order valence-corrected chi connectivity index (χ2v) is 3.36. The number of alkyl halides is 1. The molecule has 0 saturated carbocycles. The van der Waals surface area contributed by atoms with Gasteiger partial charge in [-0.25, -0.2) is 4.39 Å². The molecule has 4 nitrogen and oxygen atoms in total. The number of amides is 1. The van der Waals surface area contributed by atoms with Gasteiger partial charge in [-0.1, -0.05) is 12.1 Å². The molecule has 0 aliphatic rings. The topological polar surface area (TPSA) is 64.3 Å². The van der Waals surface area contributed by atoms with Crippen molar-refractivity contribution in [1.82, 2.24) is 0 Å². The van der Waals surface area contributed by atoms with Gasteiger partial charge in [0.1, 0.15) is 6.67 Å². The van der Waals surface area contributed by atoms with Crippen molar-refractivity contribution in [2.24, 2.45) is 5.73 Å². The fourth-order valence-corrected chi connectivity index (χ4v) is 1.48. The number of halogens is 1. The summed E-state index contributed by atoms with van der Waals surface area (Å²) < 4.78 is 17.6. The summed E-state index contributed by atoms with van der Waals surface area (Å²) >= 11 is 0. The van der Waals surface area contributed by atoms with E-state index >= 15 is 0 Å². The molecule has 0 aliphatic heterocycles. The average Bonchev–Trinajstić information content (AvgIpc) is 2.32. The molecule has 1 rings (SSSR count). The molecule has 2 unspecified atom stereocenters. The Balaban J connectivity index is 2.81. The monoisotopic (exact) mass is 226 g/mol. The minimum absolute atomic E-state index is 0.477. The number of benzene rings is 1. The van der Waals surface area contributed by atoms with Crippen LogP contribution in [0.3, 0.4) is 0 Å². The Morgan fingerprint density at radius 1 is 1.50 bits per heavy atom. The lowest BCUT2D eigenvalue weighted by Crippen LogP contribution is -2.31. The van der Waals surface area contributed by atoms with E-state index in [9.17, 15) is 9.18 Å². The predicted molar refractivity (Wildman–Crippen MR) is 59.8 cm³/mol. The van der Waals surface area contributed by atoms with Crippen molar-refractivity contribution < 1.29 is 13.9 Å². The van der Waals surface area contributed by atoms with Crippen molar-refractivity contribution in [2.75, 3.05) is 19.1 Å². The van der Waals surface area contributed by atoms with Gasteiger partial charge in [0.05, 0.1) is 12.1 Å². The predicted octanol–water partition coefficient (Wildman–Crippen LogP) is 1.24. The summed E-state index contributed by atoms with van der Waals surface area (Å²) in [5.41, 5.74) is 7.04. The van der Waals surface area contributed by atoms with Crippen LogP contribution < -0.4 is 11.1 Å². The van der Waals surface area contributed by atoms with Gasteiger partial charge in [-0.05, 0) is 17.7 Å². The van der Waals surface area contributed by atoms with Gasteiger partial charge in [-0.15, -0.1) is 0 Å². The molecular weight excluding hydrogens is 211 g/mol. The largest absolute Gasteiger partial charge is 0.375 e. The normalized spacial score (nSPS) is 14.2. The van der Waals surface area contributed by atoms with Crippen molar-refractivity contribution in [3.05, 3.63) is 29.8 Å². The van der Waals surface area contributed by atoms with E-state index in [1.165, 1.54) is 7.11 Å². The van der Waals surface area contributed by atoms with Gasteiger partial charge >= 0.3 is 0 Å². The van der Waals surface area contributed by atoms with Crippen LogP contribution in [0.4, 0.5) is 10.1 Å². The number of ether oxygens (including phenoxy) is 1. The van der Waals surface area contributed by atoms with E-state index in [4.69, 9.17) is 10.5 Å².